The Bertz CT molecular complexity index is 1340. The van der Waals surface area contributed by atoms with Crippen molar-refractivity contribution in [1.29, 1.82) is 0 Å². The first-order chi connectivity index (χ1) is 17.1. The van der Waals surface area contributed by atoms with Crippen LogP contribution in [0.15, 0.2) is 79.0 Å². The van der Waals surface area contributed by atoms with Gasteiger partial charge in [0.15, 0.2) is 0 Å². The lowest BCUT2D eigenvalue weighted by Gasteiger charge is -2.19. The zero-order chi connectivity index (χ0) is 24.2. The fourth-order valence-corrected chi connectivity index (χ4v) is 4.24. The van der Waals surface area contributed by atoms with Gasteiger partial charge < -0.3 is 25.7 Å². The van der Waals surface area contributed by atoms with Crippen LogP contribution in [0.25, 0.3) is 10.9 Å². The molecule has 1 aromatic heterocycles. The van der Waals surface area contributed by atoms with E-state index in [-0.39, 0.29) is 23.9 Å². The third-order valence-corrected chi connectivity index (χ3v) is 6.28. The Labute approximate surface area is 203 Å². The van der Waals surface area contributed by atoms with Gasteiger partial charge in [-0.15, -0.1) is 0 Å². The van der Waals surface area contributed by atoms with Crippen molar-refractivity contribution >= 4 is 28.5 Å². The number of urea groups is 1. The molecule has 7 heteroatoms. The highest BCUT2D eigenvalue weighted by Gasteiger charge is 2.23. The summed E-state index contributed by atoms with van der Waals surface area (Å²) < 4.78 is 5.32. The lowest BCUT2D eigenvalue weighted by atomic mass is 9.90. The number of nitrogens with one attached hydrogen (secondary N) is 4. The molecule has 0 spiro atoms. The number of aromatic amines is 1. The van der Waals surface area contributed by atoms with Gasteiger partial charge in [0, 0.05) is 46.9 Å². The highest BCUT2D eigenvalue weighted by molar-refractivity contribution is 5.97. The van der Waals surface area contributed by atoms with E-state index in [0.29, 0.717) is 17.8 Å². The van der Waals surface area contributed by atoms with Gasteiger partial charge in [0.25, 0.3) is 5.91 Å². The van der Waals surface area contributed by atoms with Crippen molar-refractivity contribution in [2.24, 2.45) is 0 Å². The zero-order valence-electron chi connectivity index (χ0n) is 19.5. The van der Waals surface area contributed by atoms with E-state index in [0.717, 1.165) is 40.6 Å². The van der Waals surface area contributed by atoms with Crippen molar-refractivity contribution in [3.8, 4) is 5.75 Å². The number of aromatic nitrogens is 1. The molecule has 0 aliphatic heterocycles. The van der Waals surface area contributed by atoms with Gasteiger partial charge in [-0.1, -0.05) is 36.4 Å². The molecule has 3 aromatic carbocycles. The maximum atomic E-state index is 13.1. The molecule has 0 bridgehead atoms. The van der Waals surface area contributed by atoms with Crippen molar-refractivity contribution in [2.45, 2.75) is 24.8 Å². The first-order valence-corrected chi connectivity index (χ1v) is 11.8. The fraction of sp³-hybridized carbons (Fsp3) is 0.214. The summed E-state index contributed by atoms with van der Waals surface area (Å²) in [5.41, 5.74) is 4.30. The summed E-state index contributed by atoms with van der Waals surface area (Å²) >= 11 is 0. The van der Waals surface area contributed by atoms with Crippen LogP contribution in [-0.2, 0) is 0 Å². The second-order valence-electron chi connectivity index (χ2n) is 8.78. The number of para-hydroxylation sites is 1. The van der Waals surface area contributed by atoms with E-state index >= 15 is 0 Å². The number of carbonyl (C=O) groups excluding carboxylic acids is 2. The number of fused-ring (bicyclic) bond motifs is 1. The largest absolute Gasteiger partial charge is 0.497 e. The number of hydrogen-bond donors (Lipinski definition) is 4. The topological polar surface area (TPSA) is 95.2 Å². The number of carbonyl (C=O) groups is 2. The van der Waals surface area contributed by atoms with Gasteiger partial charge in [0.2, 0.25) is 0 Å². The lowest BCUT2D eigenvalue weighted by Crippen LogP contribution is -2.31. The third-order valence-electron chi connectivity index (χ3n) is 6.28. The summed E-state index contributed by atoms with van der Waals surface area (Å²) in [6, 6.07) is 23.1. The van der Waals surface area contributed by atoms with Crippen LogP contribution in [0.2, 0.25) is 0 Å². The second kappa shape index (κ2) is 9.93. The molecule has 3 amide bonds. The van der Waals surface area contributed by atoms with Crippen molar-refractivity contribution < 1.29 is 14.3 Å². The van der Waals surface area contributed by atoms with E-state index in [2.05, 4.69) is 27.0 Å². The Morgan fingerprint density at radius 3 is 2.60 bits per heavy atom. The SMILES string of the molecule is COc1ccc(C(CNC(=O)c2cccc(NC(=O)NC3CC3)c2)c2c[nH]c3ccccc23)cc1. The maximum Gasteiger partial charge on any atom is 0.319 e. The molecule has 1 atom stereocenters. The van der Waals surface area contributed by atoms with Crippen LogP contribution in [0.4, 0.5) is 10.5 Å². The second-order valence-corrected chi connectivity index (χ2v) is 8.78. The van der Waals surface area contributed by atoms with E-state index in [9.17, 15) is 9.59 Å². The predicted molar refractivity (Wildman–Crippen MR) is 137 cm³/mol. The number of amides is 3. The molecule has 1 fully saturated rings. The summed E-state index contributed by atoms with van der Waals surface area (Å²) in [5, 5.41) is 9.90. The first kappa shape index (κ1) is 22.5. The molecule has 1 aliphatic carbocycles. The average Bonchev–Trinajstić information content (AvgIpc) is 3.60. The number of rotatable bonds is 8. The van der Waals surface area contributed by atoms with Crippen molar-refractivity contribution in [2.75, 3.05) is 19.0 Å². The van der Waals surface area contributed by atoms with Crippen LogP contribution in [0.1, 0.15) is 40.2 Å². The van der Waals surface area contributed by atoms with Crippen LogP contribution >= 0.6 is 0 Å². The molecular weight excluding hydrogens is 440 g/mol. The summed E-state index contributed by atoms with van der Waals surface area (Å²) in [7, 11) is 1.64. The van der Waals surface area contributed by atoms with Gasteiger partial charge in [-0.3, -0.25) is 4.79 Å². The van der Waals surface area contributed by atoms with Crippen LogP contribution in [0, 0.1) is 0 Å². The third kappa shape index (κ3) is 5.30. The summed E-state index contributed by atoms with van der Waals surface area (Å²) in [6.07, 6.45) is 4.04. The average molecular weight is 469 g/mol. The van der Waals surface area contributed by atoms with Gasteiger partial charge in [0.05, 0.1) is 7.11 Å². The fourth-order valence-electron chi connectivity index (χ4n) is 4.24. The Kier molecular flexibility index (Phi) is 6.39. The lowest BCUT2D eigenvalue weighted by molar-refractivity contribution is 0.0952. The van der Waals surface area contributed by atoms with E-state index < -0.39 is 0 Å². The van der Waals surface area contributed by atoms with Crippen LogP contribution in [0.5, 0.6) is 5.75 Å². The maximum absolute atomic E-state index is 13.1. The minimum absolute atomic E-state index is 0.0633. The molecule has 0 saturated heterocycles. The number of methoxy groups -OCH3 is 1. The summed E-state index contributed by atoms with van der Waals surface area (Å²) in [4.78, 5) is 28.5. The van der Waals surface area contributed by atoms with Crippen LogP contribution in [0.3, 0.4) is 0 Å². The van der Waals surface area contributed by atoms with E-state index in [1.807, 2.05) is 48.7 Å². The Morgan fingerprint density at radius 1 is 1.03 bits per heavy atom. The molecule has 1 aliphatic rings. The van der Waals surface area contributed by atoms with Gasteiger partial charge in [0.1, 0.15) is 5.75 Å². The Morgan fingerprint density at radius 2 is 1.83 bits per heavy atom. The number of H-pyrrole nitrogens is 1. The monoisotopic (exact) mass is 468 g/mol. The van der Waals surface area contributed by atoms with E-state index in [1.54, 1.807) is 31.4 Å². The first-order valence-electron chi connectivity index (χ1n) is 11.8. The van der Waals surface area contributed by atoms with Gasteiger partial charge in [-0.2, -0.15) is 0 Å². The number of ether oxygens (including phenoxy) is 1. The molecule has 178 valence electrons. The molecule has 4 aromatic rings. The molecule has 35 heavy (non-hydrogen) atoms. The molecular formula is C28H28N4O3. The highest BCUT2D eigenvalue weighted by Crippen LogP contribution is 2.31. The van der Waals surface area contributed by atoms with Gasteiger partial charge in [-0.05, 0) is 60.4 Å². The molecule has 7 nitrogen and oxygen atoms in total. The van der Waals surface area contributed by atoms with Crippen molar-refractivity contribution in [1.82, 2.24) is 15.6 Å². The van der Waals surface area contributed by atoms with E-state index in [1.165, 1.54) is 0 Å². The normalized spacial score (nSPS) is 13.7. The summed E-state index contributed by atoms with van der Waals surface area (Å²) in [5.74, 6) is 0.520. The minimum Gasteiger partial charge on any atom is -0.497 e. The minimum atomic E-state index is -0.246. The van der Waals surface area contributed by atoms with Gasteiger partial charge in [-0.25, -0.2) is 4.79 Å². The molecule has 0 radical (unpaired) electrons. The Balaban J connectivity index is 1.34. The van der Waals surface area contributed by atoms with Crippen molar-refractivity contribution in [3.63, 3.8) is 0 Å². The molecule has 1 saturated carbocycles. The standard InChI is InChI=1S/C28H28N4O3/c1-35-22-13-9-18(10-14-22)24(25-17-29-26-8-3-2-7-23(25)26)16-30-27(33)19-5-4-6-21(15-19)32-28(34)31-20-11-12-20/h2-10,13-15,17,20,24,29H,11-12,16H2,1H3,(H,30,33)(H2,31,32,34). The smallest absolute Gasteiger partial charge is 0.319 e. The van der Waals surface area contributed by atoms with Crippen molar-refractivity contribution in [3.05, 3.63) is 95.7 Å². The number of anilines is 1. The molecule has 1 unspecified atom stereocenters. The summed E-state index contributed by atoms with van der Waals surface area (Å²) in [6.45, 7) is 0.410. The quantitative estimate of drug-likeness (QED) is 0.292. The van der Waals surface area contributed by atoms with Gasteiger partial charge >= 0.3 is 6.03 Å². The predicted octanol–water partition coefficient (Wildman–Crippen LogP) is 5.02. The molecule has 1 heterocycles. The number of hydrogen-bond acceptors (Lipinski definition) is 3. The highest BCUT2D eigenvalue weighted by atomic mass is 16.5. The zero-order valence-corrected chi connectivity index (χ0v) is 19.5. The molecule has 4 N–H and O–H groups in total. The van der Waals surface area contributed by atoms with E-state index in [4.69, 9.17) is 4.74 Å². The van der Waals surface area contributed by atoms with Crippen LogP contribution in [-0.4, -0.2) is 36.6 Å². The van der Waals surface area contributed by atoms with Crippen LogP contribution < -0.4 is 20.7 Å². The Hall–Kier alpha value is -4.26. The number of benzene rings is 3. The molecule has 5 rings (SSSR count).